The van der Waals surface area contributed by atoms with Gasteiger partial charge < -0.3 is 4.43 Å². The van der Waals surface area contributed by atoms with E-state index in [1.807, 2.05) is 0 Å². The van der Waals surface area contributed by atoms with Crippen LogP contribution in [0, 0.1) is 13.8 Å². The second-order valence-corrected chi connectivity index (χ2v) is 14.7. The van der Waals surface area contributed by atoms with Crippen molar-refractivity contribution in [3.05, 3.63) is 160 Å². The molecular formula is C35H33BrOSi. The number of aryl methyl sites for hydroxylation is 2. The maximum Gasteiger partial charge on any atom is 0.264 e. The van der Waals surface area contributed by atoms with Gasteiger partial charge in [0.05, 0.1) is 4.47 Å². The average Bonchev–Trinajstić information content (AvgIpc) is 2.93. The van der Waals surface area contributed by atoms with Crippen LogP contribution >= 0.6 is 15.9 Å². The van der Waals surface area contributed by atoms with E-state index < -0.39 is 8.32 Å². The summed E-state index contributed by atoms with van der Waals surface area (Å²) in [6.45, 7) is 4.32. The fraction of sp³-hybridized carbons (Fsp3) is 0.143. The van der Waals surface area contributed by atoms with E-state index in [1.165, 1.54) is 38.9 Å². The molecule has 0 atom stereocenters. The molecule has 0 aromatic heterocycles. The quantitative estimate of drug-likeness (QED) is 0.159. The Morgan fingerprint density at radius 2 is 1.08 bits per heavy atom. The number of halogens is 1. The van der Waals surface area contributed by atoms with Gasteiger partial charge in [-0.3, -0.25) is 0 Å². The van der Waals surface area contributed by atoms with Gasteiger partial charge >= 0.3 is 0 Å². The Bertz CT molecular complexity index is 1380. The molecule has 38 heavy (non-hydrogen) atoms. The summed E-state index contributed by atoms with van der Waals surface area (Å²) in [6, 6.07) is 48.5. The van der Waals surface area contributed by atoms with E-state index in [0.717, 1.165) is 28.4 Å². The van der Waals surface area contributed by atoms with Crippen LogP contribution in [0.15, 0.2) is 132 Å². The van der Waals surface area contributed by atoms with Crippen LogP contribution in [0.2, 0.25) is 0 Å². The van der Waals surface area contributed by atoms with Crippen LogP contribution in [-0.2, 0) is 18.1 Å². The van der Waals surface area contributed by atoms with Gasteiger partial charge in [0.25, 0.3) is 8.32 Å². The minimum Gasteiger partial charge on any atom is -0.542 e. The lowest BCUT2D eigenvalue weighted by Crippen LogP contribution is -2.50. The van der Waals surface area contributed by atoms with E-state index in [-0.39, 0.29) is 0 Å². The predicted molar refractivity (Wildman–Crippen MR) is 166 cm³/mol. The third-order valence-electron chi connectivity index (χ3n) is 7.07. The lowest BCUT2D eigenvalue weighted by Gasteiger charge is -2.33. The molecule has 0 aliphatic rings. The van der Waals surface area contributed by atoms with Gasteiger partial charge in [-0.2, -0.15) is 0 Å². The van der Waals surface area contributed by atoms with Crippen LogP contribution in [0.3, 0.4) is 0 Å². The monoisotopic (exact) mass is 576 g/mol. The number of benzene rings is 5. The molecule has 0 saturated heterocycles. The summed E-state index contributed by atoms with van der Waals surface area (Å²) in [7, 11) is -2.44. The summed E-state index contributed by atoms with van der Waals surface area (Å²) < 4.78 is 8.28. The molecule has 0 saturated carbocycles. The molecule has 190 valence electrons. The molecule has 0 aliphatic carbocycles. The van der Waals surface area contributed by atoms with Crippen molar-refractivity contribution < 1.29 is 4.43 Å². The first kappa shape index (κ1) is 26.2. The van der Waals surface area contributed by atoms with Crippen molar-refractivity contribution in [3.63, 3.8) is 0 Å². The summed E-state index contributed by atoms with van der Waals surface area (Å²) in [4.78, 5) is 0. The zero-order valence-corrected chi connectivity index (χ0v) is 24.6. The lowest BCUT2D eigenvalue weighted by atomic mass is 9.98. The Morgan fingerprint density at radius 3 is 1.55 bits per heavy atom. The summed E-state index contributed by atoms with van der Waals surface area (Å²) in [6.07, 6.45) is 0. The van der Waals surface area contributed by atoms with E-state index in [0.29, 0.717) is 0 Å². The molecule has 5 aromatic carbocycles. The maximum atomic E-state index is 7.28. The second-order valence-electron chi connectivity index (χ2n) is 10.2. The van der Waals surface area contributed by atoms with Crippen LogP contribution in [0.5, 0.6) is 5.75 Å². The molecule has 0 radical (unpaired) electrons. The van der Waals surface area contributed by atoms with Crippen molar-refractivity contribution in [1.29, 1.82) is 0 Å². The summed E-state index contributed by atoms with van der Waals surface area (Å²) in [5, 5.41) is 0. The first-order valence-corrected chi connectivity index (χ1v) is 16.5. The Hall–Kier alpha value is -3.40. The summed E-state index contributed by atoms with van der Waals surface area (Å²) >= 11 is 3.89. The molecule has 0 bridgehead atoms. The maximum absolute atomic E-state index is 7.28. The van der Waals surface area contributed by atoms with Gasteiger partial charge in [0, 0.05) is 18.1 Å². The van der Waals surface area contributed by atoms with Gasteiger partial charge in [0.2, 0.25) is 0 Å². The molecule has 0 heterocycles. The SMILES string of the molecule is Cc1ccc(C)c(-c2ccc(O[Si](Cc3ccccc3)(Cc3ccccc3)Cc3ccccc3)c(Br)c2)c1. The van der Waals surface area contributed by atoms with Crippen molar-refractivity contribution in [2.75, 3.05) is 0 Å². The highest BCUT2D eigenvalue weighted by Gasteiger charge is 2.38. The topological polar surface area (TPSA) is 9.23 Å². The van der Waals surface area contributed by atoms with E-state index in [1.54, 1.807) is 0 Å². The zero-order chi connectivity index (χ0) is 26.4. The van der Waals surface area contributed by atoms with Crippen LogP contribution in [0.25, 0.3) is 11.1 Å². The third-order valence-corrected chi connectivity index (χ3v) is 11.5. The average molecular weight is 578 g/mol. The molecule has 0 fully saturated rings. The van der Waals surface area contributed by atoms with Crippen molar-refractivity contribution in [1.82, 2.24) is 0 Å². The molecule has 3 heteroatoms. The molecule has 1 nitrogen and oxygen atoms in total. The van der Waals surface area contributed by atoms with Crippen molar-refractivity contribution in [2.24, 2.45) is 0 Å². The van der Waals surface area contributed by atoms with Gasteiger partial charge in [-0.05, 0) is 75.3 Å². The molecule has 5 aromatic rings. The zero-order valence-electron chi connectivity index (χ0n) is 22.0. The number of hydrogen-bond donors (Lipinski definition) is 0. The summed E-state index contributed by atoms with van der Waals surface area (Å²) in [5.41, 5.74) is 8.99. The van der Waals surface area contributed by atoms with Crippen LogP contribution in [0.4, 0.5) is 0 Å². The highest BCUT2D eigenvalue weighted by Crippen LogP contribution is 2.36. The van der Waals surface area contributed by atoms with E-state index in [9.17, 15) is 0 Å². The lowest BCUT2D eigenvalue weighted by molar-refractivity contribution is 0.521. The Kier molecular flexibility index (Phi) is 8.26. The molecule has 0 aliphatic heterocycles. The van der Waals surface area contributed by atoms with Gasteiger partial charge in [-0.25, -0.2) is 0 Å². The van der Waals surface area contributed by atoms with Crippen LogP contribution in [-0.4, -0.2) is 8.32 Å². The Balaban J connectivity index is 1.57. The molecule has 0 N–H and O–H groups in total. The minimum atomic E-state index is -2.44. The van der Waals surface area contributed by atoms with E-state index in [2.05, 4.69) is 157 Å². The first-order chi connectivity index (χ1) is 18.5. The molecule has 0 spiro atoms. The van der Waals surface area contributed by atoms with E-state index in [4.69, 9.17) is 4.43 Å². The van der Waals surface area contributed by atoms with Gasteiger partial charge in [-0.15, -0.1) is 0 Å². The predicted octanol–water partition coefficient (Wildman–Crippen LogP) is 9.40. The van der Waals surface area contributed by atoms with Crippen molar-refractivity contribution in [2.45, 2.75) is 32.0 Å². The standard InChI is InChI=1S/C35H33BrOSi/c1-27-18-19-28(2)33(22-27)32-20-21-35(34(36)23-32)37-38(24-29-12-6-3-7-13-29,25-30-14-8-4-9-15-30)26-31-16-10-5-11-17-31/h3-23H,24-26H2,1-2H3. The Labute approximate surface area is 236 Å². The molecular weight excluding hydrogens is 544 g/mol. The van der Waals surface area contributed by atoms with Gasteiger partial charge in [0.15, 0.2) is 0 Å². The number of rotatable bonds is 9. The van der Waals surface area contributed by atoms with Gasteiger partial charge in [0.1, 0.15) is 5.75 Å². The second kappa shape index (κ2) is 12.0. The normalized spacial score (nSPS) is 11.3. The van der Waals surface area contributed by atoms with Gasteiger partial charge in [-0.1, -0.05) is 121 Å². The van der Waals surface area contributed by atoms with Crippen molar-refractivity contribution in [3.8, 4) is 16.9 Å². The largest absolute Gasteiger partial charge is 0.542 e. The fourth-order valence-electron chi connectivity index (χ4n) is 5.23. The highest BCUT2D eigenvalue weighted by atomic mass is 79.9. The minimum absolute atomic E-state index is 0.925. The van der Waals surface area contributed by atoms with Crippen LogP contribution in [0.1, 0.15) is 27.8 Å². The van der Waals surface area contributed by atoms with E-state index >= 15 is 0 Å². The third kappa shape index (κ3) is 6.53. The molecule has 0 unspecified atom stereocenters. The number of hydrogen-bond acceptors (Lipinski definition) is 1. The smallest absolute Gasteiger partial charge is 0.264 e. The Morgan fingerprint density at radius 1 is 0.579 bits per heavy atom. The highest BCUT2D eigenvalue weighted by molar-refractivity contribution is 9.10. The summed E-state index contributed by atoms with van der Waals surface area (Å²) in [5.74, 6) is 0.925. The fourth-order valence-corrected chi connectivity index (χ4v) is 10.0. The van der Waals surface area contributed by atoms with Crippen LogP contribution < -0.4 is 4.43 Å². The molecule has 5 rings (SSSR count). The van der Waals surface area contributed by atoms with Crippen molar-refractivity contribution >= 4 is 24.2 Å². The first-order valence-electron chi connectivity index (χ1n) is 13.2. The molecule has 0 amide bonds.